The van der Waals surface area contributed by atoms with E-state index in [4.69, 9.17) is 10.5 Å². The Balaban J connectivity index is 2.11. The first kappa shape index (κ1) is 16.4. The largest absolute Gasteiger partial charge is 0.494 e. The van der Waals surface area contributed by atoms with E-state index in [0.29, 0.717) is 18.6 Å². The van der Waals surface area contributed by atoms with Crippen LogP contribution in [0.25, 0.3) is 0 Å². The van der Waals surface area contributed by atoms with Gasteiger partial charge in [0.2, 0.25) is 0 Å². The molecule has 0 aromatic heterocycles. The van der Waals surface area contributed by atoms with Crippen molar-refractivity contribution in [3.8, 4) is 5.75 Å². The van der Waals surface area contributed by atoms with Gasteiger partial charge < -0.3 is 10.5 Å². The van der Waals surface area contributed by atoms with Gasteiger partial charge in [-0.25, -0.2) is 8.78 Å². The molecule has 2 nitrogen and oxygen atoms in total. The zero-order chi connectivity index (χ0) is 15.9. The third kappa shape index (κ3) is 4.28. The molecule has 2 N–H and O–H groups in total. The van der Waals surface area contributed by atoms with Crippen molar-refractivity contribution >= 4 is 0 Å². The molecule has 0 radical (unpaired) electrons. The molecule has 0 amide bonds. The van der Waals surface area contributed by atoms with Crippen LogP contribution in [-0.4, -0.2) is 13.2 Å². The summed E-state index contributed by atoms with van der Waals surface area (Å²) >= 11 is 0. The molecule has 0 heterocycles. The highest BCUT2D eigenvalue weighted by Crippen LogP contribution is 2.24. The average molecular weight is 305 g/mol. The lowest BCUT2D eigenvalue weighted by Gasteiger charge is -2.16. The number of ether oxygens (including phenoxy) is 1. The smallest absolute Gasteiger partial charge is 0.126 e. The third-order valence-electron chi connectivity index (χ3n) is 3.56. The van der Waals surface area contributed by atoms with E-state index in [1.54, 1.807) is 0 Å². The molecule has 22 heavy (non-hydrogen) atoms. The van der Waals surface area contributed by atoms with Crippen molar-refractivity contribution in [1.82, 2.24) is 0 Å². The maximum Gasteiger partial charge on any atom is 0.126 e. The molecule has 0 saturated heterocycles. The van der Waals surface area contributed by atoms with E-state index in [1.807, 2.05) is 31.2 Å². The third-order valence-corrected chi connectivity index (χ3v) is 3.56. The van der Waals surface area contributed by atoms with Gasteiger partial charge in [-0.05, 0) is 60.8 Å². The Morgan fingerprint density at radius 3 is 2.45 bits per heavy atom. The van der Waals surface area contributed by atoms with E-state index in [1.165, 1.54) is 6.07 Å². The fourth-order valence-electron chi connectivity index (χ4n) is 2.37. The molecule has 0 spiro atoms. The normalized spacial score (nSPS) is 12.2. The molecule has 118 valence electrons. The Labute approximate surface area is 129 Å². The predicted molar refractivity (Wildman–Crippen MR) is 84.1 cm³/mol. The highest BCUT2D eigenvalue weighted by molar-refractivity contribution is 5.30. The van der Waals surface area contributed by atoms with E-state index >= 15 is 0 Å². The van der Waals surface area contributed by atoms with Gasteiger partial charge in [-0.2, -0.15) is 0 Å². The summed E-state index contributed by atoms with van der Waals surface area (Å²) in [6, 6.07) is 11.1. The topological polar surface area (TPSA) is 35.2 Å². The lowest BCUT2D eigenvalue weighted by molar-refractivity contribution is 0.317. The number of benzene rings is 2. The van der Waals surface area contributed by atoms with Crippen molar-refractivity contribution in [2.45, 2.75) is 25.7 Å². The molecule has 2 aromatic rings. The van der Waals surface area contributed by atoms with Gasteiger partial charge in [-0.3, -0.25) is 0 Å². The zero-order valence-electron chi connectivity index (χ0n) is 12.7. The molecule has 1 atom stereocenters. The summed E-state index contributed by atoms with van der Waals surface area (Å²) < 4.78 is 32.7. The number of rotatable bonds is 7. The monoisotopic (exact) mass is 305 g/mol. The van der Waals surface area contributed by atoms with Crippen LogP contribution in [-0.2, 0) is 6.42 Å². The van der Waals surface area contributed by atoms with Crippen molar-refractivity contribution in [2.75, 3.05) is 13.2 Å². The summed E-state index contributed by atoms with van der Waals surface area (Å²) in [6.45, 7) is 2.99. The van der Waals surface area contributed by atoms with Gasteiger partial charge >= 0.3 is 0 Å². The number of hydrogen-bond acceptors (Lipinski definition) is 2. The van der Waals surface area contributed by atoms with Crippen LogP contribution in [0.3, 0.4) is 0 Å². The minimum Gasteiger partial charge on any atom is -0.494 e. The summed E-state index contributed by atoms with van der Waals surface area (Å²) in [7, 11) is 0. The summed E-state index contributed by atoms with van der Waals surface area (Å²) in [6.07, 6.45) is 1.51. The molecule has 2 rings (SSSR count). The molecule has 0 aliphatic carbocycles. The Kier molecular flexibility index (Phi) is 5.90. The van der Waals surface area contributed by atoms with Crippen molar-refractivity contribution in [3.05, 3.63) is 65.2 Å². The minimum atomic E-state index is -0.446. The summed E-state index contributed by atoms with van der Waals surface area (Å²) in [5, 5.41) is 0. The maximum atomic E-state index is 13.9. The zero-order valence-corrected chi connectivity index (χ0v) is 12.7. The van der Waals surface area contributed by atoms with Crippen LogP contribution in [0.5, 0.6) is 5.75 Å². The summed E-state index contributed by atoms with van der Waals surface area (Å²) in [5.41, 5.74) is 7.10. The fraction of sp³-hybridized carbons (Fsp3) is 0.333. The van der Waals surface area contributed by atoms with Crippen LogP contribution in [0, 0.1) is 11.6 Å². The molecule has 1 unspecified atom stereocenters. The standard InChI is InChI=1S/C18H21F2NO/c1-2-9-22-16-6-3-13(4-7-16)10-14(12-21)17-11-15(19)5-8-18(17)20/h3-8,11,14H,2,9-10,12,21H2,1H3. The highest BCUT2D eigenvalue weighted by Gasteiger charge is 2.16. The minimum absolute atomic E-state index is 0.252. The van der Waals surface area contributed by atoms with Gasteiger partial charge in [-0.15, -0.1) is 0 Å². The average Bonchev–Trinajstić information content (AvgIpc) is 2.54. The van der Waals surface area contributed by atoms with Gasteiger partial charge in [0.05, 0.1) is 6.61 Å². The number of nitrogens with two attached hydrogens (primary N) is 1. The number of halogens is 2. The van der Waals surface area contributed by atoms with Gasteiger partial charge in [0.15, 0.2) is 0 Å². The van der Waals surface area contributed by atoms with Crippen LogP contribution in [0.1, 0.15) is 30.4 Å². The van der Waals surface area contributed by atoms with Crippen molar-refractivity contribution < 1.29 is 13.5 Å². The lowest BCUT2D eigenvalue weighted by atomic mass is 9.91. The molecule has 2 aromatic carbocycles. The predicted octanol–water partition coefficient (Wildman–Crippen LogP) is 4.04. The van der Waals surface area contributed by atoms with Crippen molar-refractivity contribution in [2.24, 2.45) is 5.73 Å². The van der Waals surface area contributed by atoms with Crippen molar-refractivity contribution in [1.29, 1.82) is 0 Å². The Morgan fingerprint density at radius 1 is 1.09 bits per heavy atom. The van der Waals surface area contributed by atoms with Gasteiger partial charge in [0.25, 0.3) is 0 Å². The summed E-state index contributed by atoms with van der Waals surface area (Å²) in [4.78, 5) is 0. The van der Waals surface area contributed by atoms with Gasteiger partial charge in [-0.1, -0.05) is 19.1 Å². The Morgan fingerprint density at radius 2 is 1.82 bits per heavy atom. The fourth-order valence-corrected chi connectivity index (χ4v) is 2.37. The number of hydrogen-bond donors (Lipinski definition) is 1. The van der Waals surface area contributed by atoms with Crippen LogP contribution in [0.4, 0.5) is 8.78 Å². The second-order valence-electron chi connectivity index (χ2n) is 5.29. The highest BCUT2D eigenvalue weighted by atomic mass is 19.1. The molecular weight excluding hydrogens is 284 g/mol. The van der Waals surface area contributed by atoms with Crippen LogP contribution < -0.4 is 10.5 Å². The van der Waals surface area contributed by atoms with Gasteiger partial charge in [0, 0.05) is 5.92 Å². The molecule has 0 aliphatic rings. The summed E-state index contributed by atoms with van der Waals surface area (Å²) in [5.74, 6) is -0.303. The van der Waals surface area contributed by atoms with E-state index in [0.717, 1.165) is 29.9 Å². The lowest BCUT2D eigenvalue weighted by Crippen LogP contribution is -2.16. The van der Waals surface area contributed by atoms with Crippen molar-refractivity contribution in [3.63, 3.8) is 0 Å². The van der Waals surface area contributed by atoms with E-state index in [-0.39, 0.29) is 12.5 Å². The van der Waals surface area contributed by atoms with E-state index in [2.05, 4.69) is 0 Å². The van der Waals surface area contributed by atoms with Crippen LogP contribution >= 0.6 is 0 Å². The molecule has 0 saturated carbocycles. The Hall–Kier alpha value is -1.94. The molecular formula is C18H21F2NO. The second kappa shape index (κ2) is 7.90. The molecule has 0 fully saturated rings. The van der Waals surface area contributed by atoms with E-state index in [9.17, 15) is 8.78 Å². The first-order valence-corrected chi connectivity index (χ1v) is 7.50. The first-order chi connectivity index (χ1) is 10.6. The van der Waals surface area contributed by atoms with Gasteiger partial charge in [0.1, 0.15) is 17.4 Å². The molecule has 4 heteroatoms. The van der Waals surface area contributed by atoms with E-state index < -0.39 is 11.6 Å². The molecule has 0 aliphatic heterocycles. The van der Waals surface area contributed by atoms with Crippen LogP contribution in [0.2, 0.25) is 0 Å². The van der Waals surface area contributed by atoms with Crippen LogP contribution in [0.15, 0.2) is 42.5 Å². The molecule has 0 bridgehead atoms. The SMILES string of the molecule is CCCOc1ccc(CC(CN)c2cc(F)ccc2F)cc1. The maximum absolute atomic E-state index is 13.9. The Bertz CT molecular complexity index is 599. The first-order valence-electron chi connectivity index (χ1n) is 7.50. The second-order valence-corrected chi connectivity index (χ2v) is 5.29. The quantitative estimate of drug-likeness (QED) is 0.838.